The summed E-state index contributed by atoms with van der Waals surface area (Å²) in [5.74, 6) is 6.02. The molecule has 8 fully saturated rings. The molecule has 22 atom stereocenters. The number of carboxylic acid groups (broad SMARTS) is 1. The zero-order chi connectivity index (χ0) is 40.0. The number of carbonyl (C=O) groups is 1. The fourth-order valence-corrected chi connectivity index (χ4v) is 17.3. The van der Waals surface area contributed by atoms with E-state index in [1.54, 1.807) is 0 Å². The third kappa shape index (κ3) is 6.33. The Morgan fingerprint density at radius 1 is 0.698 bits per heavy atom. The normalized spacial score (nSPS) is 57.3. The van der Waals surface area contributed by atoms with E-state index in [0.717, 1.165) is 70.6 Å². The highest BCUT2D eigenvalue weighted by Crippen LogP contribution is 2.71. The number of hydrogen-bond donors (Lipinski definition) is 2. The standard InChI is InChI=1S/C25H41FO2.C23H39FO/c1-15(8-11-22(27)28)18-9-10-19-23-16(2)13-17-7-5-6-12-24(17,3)20(23)14-21(26)25(18,19)4;1-14-11-16-7-5-6-10-22(16,3)19-12-20(24)23(4)17(15(2)13-25)8-9-18(23)21(14)19/h15-21,23H,5-14H2,1-4H3,(H,27,28);14-21,25H,5-13H2,1-4H3/t15-,16?,17?,18-,19?,20?,21?,23?,24+,25-;14?,15-,16?,17-,18?,19?,20?,21?,22+,23-/m11/s1/i2*5D/t5?,15-,16?,17?,18-,19?,20?,21?,23?,24+,25-;5?,14?,15-,16?,17-,18?,19?,20?,21?,22+,23-. The van der Waals surface area contributed by atoms with Gasteiger partial charge in [0, 0.05) is 26.6 Å². The van der Waals surface area contributed by atoms with Crippen LogP contribution < -0.4 is 0 Å². The number of carboxylic acids is 1. The van der Waals surface area contributed by atoms with Crippen LogP contribution in [-0.4, -0.2) is 35.1 Å². The Labute approximate surface area is 326 Å². The summed E-state index contributed by atoms with van der Waals surface area (Å²) in [6.07, 6.45) is 14.1. The van der Waals surface area contributed by atoms with Crippen molar-refractivity contribution in [1.29, 1.82) is 0 Å². The van der Waals surface area contributed by atoms with Crippen LogP contribution in [0.1, 0.15) is 174 Å². The molecule has 8 rings (SSSR count). The highest BCUT2D eigenvalue weighted by molar-refractivity contribution is 5.66. The van der Waals surface area contributed by atoms with E-state index in [4.69, 9.17) is 7.85 Å². The minimum Gasteiger partial charge on any atom is -0.481 e. The van der Waals surface area contributed by atoms with Crippen LogP contribution in [0.5, 0.6) is 0 Å². The van der Waals surface area contributed by atoms with Gasteiger partial charge in [-0.25, -0.2) is 8.78 Å². The molecule has 0 radical (unpaired) electrons. The molecule has 53 heavy (non-hydrogen) atoms. The van der Waals surface area contributed by atoms with Crippen molar-refractivity contribution in [3.05, 3.63) is 0 Å². The average Bonchev–Trinajstić information content (AvgIpc) is 3.68. The number of hydrogen-bond acceptors (Lipinski definition) is 2. The van der Waals surface area contributed by atoms with Crippen LogP contribution in [0.4, 0.5) is 8.78 Å². The number of halogens is 2. The van der Waals surface area contributed by atoms with Gasteiger partial charge in [0.15, 0.2) is 0 Å². The Balaban J connectivity index is 0.000000170. The van der Waals surface area contributed by atoms with Gasteiger partial charge in [-0.2, -0.15) is 0 Å². The average molecular weight is 745 g/mol. The van der Waals surface area contributed by atoms with Crippen molar-refractivity contribution < 1.29 is 26.5 Å². The van der Waals surface area contributed by atoms with Crippen LogP contribution in [0.15, 0.2) is 0 Å². The van der Waals surface area contributed by atoms with E-state index >= 15 is 8.78 Å². The zero-order valence-electron chi connectivity index (χ0n) is 37.0. The van der Waals surface area contributed by atoms with Crippen molar-refractivity contribution in [2.24, 2.45) is 105 Å². The summed E-state index contributed by atoms with van der Waals surface area (Å²) in [6.45, 7) is 18.6. The minimum atomic E-state index is -0.773. The molecule has 0 bridgehead atoms. The topological polar surface area (TPSA) is 57.5 Å². The molecule has 2 N–H and O–H groups in total. The Morgan fingerprint density at radius 2 is 1.13 bits per heavy atom. The first-order chi connectivity index (χ1) is 25.8. The van der Waals surface area contributed by atoms with Crippen LogP contribution in [0.3, 0.4) is 0 Å². The predicted octanol–water partition coefficient (Wildman–Crippen LogP) is 12.6. The molecule has 8 aliphatic rings. The van der Waals surface area contributed by atoms with Crippen LogP contribution in [0.2, 0.25) is 0 Å². The molecule has 0 heterocycles. The Kier molecular flexibility index (Phi) is 10.6. The molecule has 0 aromatic heterocycles. The lowest BCUT2D eigenvalue weighted by Crippen LogP contribution is -2.59. The summed E-state index contributed by atoms with van der Waals surface area (Å²) in [5.41, 5.74) is -0.0644. The SMILES string of the molecule is [2H]C1CC[C@@]2(C)C(C1)CC(C)C1C2CC(F)[C@@]2(C)C1CC[C@@H]2[C@H](C)CCC(=O)O.[2H]C1CC[C@@]2(C)C(C1)CC(C)C1C2CC(F)[C@@]2(C)C1CC[C@@H]2[C@H](C)CO. The van der Waals surface area contributed by atoms with Gasteiger partial charge in [-0.3, -0.25) is 4.79 Å². The highest BCUT2D eigenvalue weighted by Gasteiger charge is 2.67. The van der Waals surface area contributed by atoms with E-state index in [9.17, 15) is 9.90 Å². The van der Waals surface area contributed by atoms with Crippen molar-refractivity contribution in [2.45, 2.75) is 183 Å². The van der Waals surface area contributed by atoms with E-state index < -0.39 is 18.3 Å². The highest BCUT2D eigenvalue weighted by atomic mass is 19.1. The molecule has 0 aromatic rings. The lowest BCUT2D eigenvalue weighted by Gasteiger charge is -2.63. The van der Waals surface area contributed by atoms with Crippen molar-refractivity contribution >= 4 is 5.97 Å². The van der Waals surface area contributed by atoms with Crippen LogP contribution in [0, 0.1) is 105 Å². The second-order valence-electron chi connectivity index (χ2n) is 22.1. The molecular formula is C48H80F2O3. The summed E-state index contributed by atoms with van der Waals surface area (Å²) in [6, 6.07) is 0. The Hall–Kier alpha value is -0.710. The van der Waals surface area contributed by atoms with Gasteiger partial charge < -0.3 is 10.2 Å². The van der Waals surface area contributed by atoms with Crippen molar-refractivity contribution in [1.82, 2.24) is 0 Å². The Bertz CT molecular complexity index is 1380. The summed E-state index contributed by atoms with van der Waals surface area (Å²) in [5, 5.41) is 18.9. The van der Waals surface area contributed by atoms with Crippen molar-refractivity contribution in [3.63, 3.8) is 0 Å². The number of alkyl halides is 2. The van der Waals surface area contributed by atoms with Gasteiger partial charge in [-0.1, -0.05) is 81.0 Å². The van der Waals surface area contributed by atoms with E-state index in [1.165, 1.54) is 12.8 Å². The molecule has 3 nitrogen and oxygen atoms in total. The van der Waals surface area contributed by atoms with E-state index in [-0.39, 0.29) is 59.3 Å². The lowest BCUT2D eigenvalue weighted by atomic mass is 9.42. The molecule has 8 saturated carbocycles. The van der Waals surface area contributed by atoms with Crippen molar-refractivity contribution in [3.8, 4) is 0 Å². The third-order valence-corrected chi connectivity index (χ3v) is 20.2. The molecule has 0 spiro atoms. The molecule has 0 saturated heterocycles. The number of aliphatic carboxylic acids is 1. The van der Waals surface area contributed by atoms with Gasteiger partial charge in [0.05, 0.1) is 0 Å². The summed E-state index contributed by atoms with van der Waals surface area (Å²) in [4.78, 5) is 11.1. The smallest absolute Gasteiger partial charge is 0.303 e. The fraction of sp³-hybridized carbons (Fsp3) is 0.979. The first-order valence-corrected chi connectivity index (χ1v) is 22.8. The van der Waals surface area contributed by atoms with Crippen LogP contribution >= 0.6 is 0 Å². The molecule has 0 aliphatic heterocycles. The largest absolute Gasteiger partial charge is 0.481 e. The summed E-state index contributed by atoms with van der Waals surface area (Å²) >= 11 is 0. The van der Waals surface area contributed by atoms with Gasteiger partial charge >= 0.3 is 5.97 Å². The number of aliphatic hydroxyl groups is 1. The van der Waals surface area contributed by atoms with E-state index in [1.807, 2.05) is 0 Å². The second kappa shape index (κ2) is 14.9. The first kappa shape index (κ1) is 37.8. The number of fused-ring (bicyclic) bond motifs is 10. The lowest BCUT2D eigenvalue weighted by molar-refractivity contribution is -0.166. The number of rotatable bonds is 6. The maximum absolute atomic E-state index is 16.1. The van der Waals surface area contributed by atoms with Gasteiger partial charge in [0.1, 0.15) is 12.3 Å². The quantitative estimate of drug-likeness (QED) is 0.285. The first-order valence-electron chi connectivity index (χ1n) is 23.9. The molecular weight excluding hydrogens is 663 g/mol. The van der Waals surface area contributed by atoms with Crippen LogP contribution in [0.25, 0.3) is 0 Å². The van der Waals surface area contributed by atoms with Gasteiger partial charge in [0.25, 0.3) is 0 Å². The molecule has 0 amide bonds. The molecule has 304 valence electrons. The maximum Gasteiger partial charge on any atom is 0.303 e. The summed E-state index contributed by atoms with van der Waals surface area (Å²) in [7, 11) is 0. The minimum absolute atomic E-state index is 0.0813. The molecule has 0 aromatic carbocycles. The molecule has 5 heteroatoms. The van der Waals surface area contributed by atoms with Gasteiger partial charge in [-0.15, -0.1) is 0 Å². The van der Waals surface area contributed by atoms with E-state index in [2.05, 4.69) is 55.4 Å². The predicted molar refractivity (Wildman–Crippen MR) is 212 cm³/mol. The third-order valence-electron chi connectivity index (χ3n) is 20.2. The molecule has 14 unspecified atom stereocenters. The Morgan fingerprint density at radius 3 is 1.55 bits per heavy atom. The second-order valence-corrected chi connectivity index (χ2v) is 22.1. The zero-order valence-corrected chi connectivity index (χ0v) is 35.0. The van der Waals surface area contributed by atoms with Gasteiger partial charge in [0.2, 0.25) is 0 Å². The summed E-state index contributed by atoms with van der Waals surface area (Å²) < 4.78 is 48.5. The maximum atomic E-state index is 16.1. The van der Waals surface area contributed by atoms with Crippen molar-refractivity contribution in [2.75, 3.05) is 6.61 Å². The number of aliphatic hydroxyl groups excluding tert-OH is 1. The monoisotopic (exact) mass is 745 g/mol. The van der Waals surface area contributed by atoms with E-state index in [0.29, 0.717) is 83.9 Å². The van der Waals surface area contributed by atoms with Gasteiger partial charge in [-0.05, 0) is 177 Å². The fourth-order valence-electron chi connectivity index (χ4n) is 17.3. The molecule has 8 aliphatic carbocycles. The van der Waals surface area contributed by atoms with Crippen LogP contribution in [-0.2, 0) is 4.79 Å².